The number of aliphatic carboxylic acids is 1. The van der Waals surface area contributed by atoms with Crippen molar-refractivity contribution in [2.24, 2.45) is 17.4 Å². The van der Waals surface area contributed by atoms with E-state index in [-0.39, 0.29) is 24.7 Å². The van der Waals surface area contributed by atoms with E-state index < -0.39 is 42.0 Å². The molecule has 0 rings (SSSR count). The maximum Gasteiger partial charge on any atom is 0.326 e. The molecule has 11 nitrogen and oxygen atoms in total. The van der Waals surface area contributed by atoms with Crippen LogP contribution in [0.5, 0.6) is 0 Å². The number of hydrogen-bond acceptors (Lipinski definition) is 6. The van der Waals surface area contributed by atoms with Crippen LogP contribution in [0.3, 0.4) is 0 Å². The SMILES string of the molecule is CC(C)C[C@@H](C(=O)O)N(C)C(=O)[C@H](CCCNC(=N)N)NC(=O)[C@@H](N)[C@@H](C)O. The van der Waals surface area contributed by atoms with Crippen LogP contribution in [0, 0.1) is 11.3 Å². The summed E-state index contributed by atoms with van der Waals surface area (Å²) in [5.41, 5.74) is 10.8. The molecule has 0 aliphatic rings. The van der Waals surface area contributed by atoms with Gasteiger partial charge in [0.1, 0.15) is 18.1 Å². The summed E-state index contributed by atoms with van der Waals surface area (Å²) in [5.74, 6) is -2.58. The number of hydrogen-bond donors (Lipinski definition) is 7. The molecule has 0 bridgehead atoms. The Labute approximate surface area is 165 Å². The fraction of sp³-hybridized carbons (Fsp3) is 0.765. The van der Waals surface area contributed by atoms with Crippen LogP contribution in [0.25, 0.3) is 0 Å². The highest BCUT2D eigenvalue weighted by atomic mass is 16.4. The number of guanidine groups is 1. The van der Waals surface area contributed by atoms with Crippen molar-refractivity contribution < 1.29 is 24.6 Å². The van der Waals surface area contributed by atoms with E-state index in [4.69, 9.17) is 16.9 Å². The van der Waals surface area contributed by atoms with E-state index in [9.17, 15) is 24.6 Å². The predicted octanol–water partition coefficient (Wildman–Crippen LogP) is -1.60. The van der Waals surface area contributed by atoms with E-state index in [0.717, 1.165) is 4.90 Å². The molecule has 0 aliphatic carbocycles. The number of likely N-dealkylation sites (N-methyl/N-ethyl adjacent to an activating group) is 1. The first-order valence-electron chi connectivity index (χ1n) is 9.19. The van der Waals surface area contributed by atoms with Crippen molar-refractivity contribution in [3.8, 4) is 0 Å². The lowest BCUT2D eigenvalue weighted by Crippen LogP contribution is -2.56. The Kier molecular flexibility index (Phi) is 11.1. The molecular formula is C17H34N6O5. The average molecular weight is 402 g/mol. The Morgan fingerprint density at radius 2 is 1.79 bits per heavy atom. The van der Waals surface area contributed by atoms with Gasteiger partial charge in [-0.2, -0.15) is 0 Å². The zero-order valence-electron chi connectivity index (χ0n) is 16.9. The minimum absolute atomic E-state index is 0.0489. The molecule has 9 N–H and O–H groups in total. The monoisotopic (exact) mass is 402 g/mol. The lowest BCUT2D eigenvalue weighted by molar-refractivity contribution is -0.151. The molecule has 0 spiro atoms. The summed E-state index contributed by atoms with van der Waals surface area (Å²) in [7, 11) is 1.38. The maximum absolute atomic E-state index is 12.9. The highest BCUT2D eigenvalue weighted by Gasteiger charge is 2.33. The summed E-state index contributed by atoms with van der Waals surface area (Å²) in [5, 5.41) is 31.2. The summed E-state index contributed by atoms with van der Waals surface area (Å²) in [6.45, 7) is 5.35. The summed E-state index contributed by atoms with van der Waals surface area (Å²) in [6, 6.07) is -3.28. The topological polar surface area (TPSA) is 195 Å². The summed E-state index contributed by atoms with van der Waals surface area (Å²) >= 11 is 0. The van der Waals surface area contributed by atoms with Crippen molar-refractivity contribution in [3.63, 3.8) is 0 Å². The molecule has 0 aromatic rings. The van der Waals surface area contributed by atoms with Gasteiger partial charge in [-0.25, -0.2) is 4.79 Å². The van der Waals surface area contributed by atoms with Gasteiger partial charge in [-0.3, -0.25) is 15.0 Å². The molecule has 0 heterocycles. The van der Waals surface area contributed by atoms with Gasteiger partial charge in [0, 0.05) is 13.6 Å². The van der Waals surface area contributed by atoms with Gasteiger partial charge in [0.2, 0.25) is 11.8 Å². The molecule has 2 amide bonds. The standard InChI is InChI=1S/C17H34N6O5/c1-9(2)8-12(16(27)28)23(4)15(26)11(6-5-7-21-17(19)20)22-14(25)13(18)10(3)24/h9-13,24H,5-8,18H2,1-4H3,(H,22,25)(H,27,28)(H4,19,20,21)/t10-,11+,12+,13+/m1/s1. The van der Waals surface area contributed by atoms with Gasteiger partial charge in [0.25, 0.3) is 0 Å². The van der Waals surface area contributed by atoms with Crippen molar-refractivity contribution in [1.82, 2.24) is 15.5 Å². The van der Waals surface area contributed by atoms with E-state index in [1.165, 1.54) is 14.0 Å². The first-order chi connectivity index (χ1) is 12.9. The normalized spacial score (nSPS) is 15.2. The number of nitrogens with zero attached hydrogens (tertiary/aromatic N) is 1. The second-order valence-corrected chi connectivity index (χ2v) is 7.24. The number of rotatable bonds is 12. The number of carbonyl (C=O) groups excluding carboxylic acids is 2. The van der Waals surface area contributed by atoms with Gasteiger partial charge in [-0.05, 0) is 32.1 Å². The van der Waals surface area contributed by atoms with E-state index in [0.29, 0.717) is 13.0 Å². The van der Waals surface area contributed by atoms with Gasteiger partial charge in [-0.1, -0.05) is 13.8 Å². The van der Waals surface area contributed by atoms with Gasteiger partial charge in [-0.15, -0.1) is 0 Å². The van der Waals surface area contributed by atoms with Crippen LogP contribution >= 0.6 is 0 Å². The number of carboxylic acids is 1. The van der Waals surface area contributed by atoms with Crippen LogP contribution in [0.1, 0.15) is 40.0 Å². The van der Waals surface area contributed by atoms with Crippen molar-refractivity contribution in [3.05, 3.63) is 0 Å². The fourth-order valence-electron chi connectivity index (χ4n) is 2.54. The van der Waals surface area contributed by atoms with Crippen molar-refractivity contribution in [1.29, 1.82) is 5.41 Å². The number of carboxylic acid groups (broad SMARTS) is 1. The molecule has 11 heteroatoms. The number of nitrogens with two attached hydrogens (primary N) is 2. The van der Waals surface area contributed by atoms with Crippen LogP contribution < -0.4 is 22.1 Å². The summed E-state index contributed by atoms with van der Waals surface area (Å²) < 4.78 is 0. The smallest absolute Gasteiger partial charge is 0.326 e. The van der Waals surface area contributed by atoms with Crippen LogP contribution in [0.4, 0.5) is 0 Å². The highest BCUT2D eigenvalue weighted by molar-refractivity contribution is 5.91. The van der Waals surface area contributed by atoms with Gasteiger partial charge >= 0.3 is 5.97 Å². The summed E-state index contributed by atoms with van der Waals surface area (Å²) in [4.78, 5) is 37.8. The van der Waals surface area contributed by atoms with E-state index in [2.05, 4.69) is 10.6 Å². The minimum Gasteiger partial charge on any atom is -0.480 e. The molecule has 0 radical (unpaired) electrons. The number of aliphatic hydroxyl groups excluding tert-OH is 1. The third-order valence-corrected chi connectivity index (χ3v) is 4.22. The first kappa shape index (κ1) is 25.6. The number of aliphatic hydroxyl groups is 1. The second kappa shape index (κ2) is 12.1. The Morgan fingerprint density at radius 1 is 1.21 bits per heavy atom. The van der Waals surface area contributed by atoms with Crippen LogP contribution in [-0.2, 0) is 14.4 Å². The molecule has 0 saturated carbocycles. The molecule has 4 atom stereocenters. The van der Waals surface area contributed by atoms with Crippen LogP contribution in [-0.4, -0.2) is 76.7 Å². The number of carbonyl (C=O) groups is 3. The lowest BCUT2D eigenvalue weighted by Gasteiger charge is -2.30. The van der Waals surface area contributed by atoms with E-state index >= 15 is 0 Å². The summed E-state index contributed by atoms with van der Waals surface area (Å²) in [6.07, 6.45) is -0.288. The van der Waals surface area contributed by atoms with Gasteiger partial charge < -0.3 is 37.2 Å². The van der Waals surface area contributed by atoms with Gasteiger partial charge in [0.05, 0.1) is 6.10 Å². The minimum atomic E-state index is -1.22. The quantitative estimate of drug-likeness (QED) is 0.115. The first-order valence-corrected chi connectivity index (χ1v) is 9.19. The molecule has 0 aromatic heterocycles. The van der Waals surface area contributed by atoms with Crippen molar-refractivity contribution in [2.75, 3.05) is 13.6 Å². The van der Waals surface area contributed by atoms with Crippen LogP contribution in [0.15, 0.2) is 0 Å². The van der Waals surface area contributed by atoms with Crippen molar-refractivity contribution in [2.45, 2.75) is 64.3 Å². The third kappa shape index (κ3) is 9.00. The van der Waals surface area contributed by atoms with Crippen molar-refractivity contribution >= 4 is 23.7 Å². The zero-order chi connectivity index (χ0) is 22.0. The Hall–Kier alpha value is -2.40. The van der Waals surface area contributed by atoms with E-state index in [1.54, 1.807) is 0 Å². The Morgan fingerprint density at radius 3 is 2.21 bits per heavy atom. The molecule has 0 fully saturated rings. The van der Waals surface area contributed by atoms with Crippen LogP contribution in [0.2, 0.25) is 0 Å². The zero-order valence-corrected chi connectivity index (χ0v) is 16.9. The molecular weight excluding hydrogens is 368 g/mol. The molecule has 0 saturated heterocycles. The fourth-order valence-corrected chi connectivity index (χ4v) is 2.54. The third-order valence-electron chi connectivity index (χ3n) is 4.22. The van der Waals surface area contributed by atoms with Gasteiger partial charge in [0.15, 0.2) is 5.96 Å². The average Bonchev–Trinajstić information content (AvgIpc) is 2.59. The predicted molar refractivity (Wildman–Crippen MR) is 104 cm³/mol. The Balaban J connectivity index is 5.31. The molecule has 28 heavy (non-hydrogen) atoms. The number of amides is 2. The molecule has 0 aliphatic heterocycles. The molecule has 0 aromatic carbocycles. The number of nitrogens with one attached hydrogen (secondary N) is 3. The lowest BCUT2D eigenvalue weighted by atomic mass is 10.0. The van der Waals surface area contributed by atoms with E-state index in [1.807, 2.05) is 13.8 Å². The highest BCUT2D eigenvalue weighted by Crippen LogP contribution is 2.13. The maximum atomic E-state index is 12.9. The Bertz CT molecular complexity index is 554. The largest absolute Gasteiger partial charge is 0.480 e. The molecule has 162 valence electrons. The second-order valence-electron chi connectivity index (χ2n) is 7.24. The molecule has 0 unspecified atom stereocenters.